The second-order valence-electron chi connectivity index (χ2n) is 3.92. The number of anilines is 1. The predicted octanol–water partition coefficient (Wildman–Crippen LogP) is 1.41. The quantitative estimate of drug-likeness (QED) is 0.500. The van der Waals surface area contributed by atoms with Crippen LogP contribution in [0.5, 0.6) is 5.75 Å². The molecular formula is C11H10FN5O3. The van der Waals surface area contributed by atoms with Crippen molar-refractivity contribution in [3.63, 3.8) is 0 Å². The number of nitro groups is 1. The van der Waals surface area contributed by atoms with Gasteiger partial charge in [0.15, 0.2) is 0 Å². The number of imidazole rings is 1. The van der Waals surface area contributed by atoms with Gasteiger partial charge < -0.3 is 10.8 Å². The number of phenols is 1. The van der Waals surface area contributed by atoms with E-state index in [4.69, 9.17) is 5.73 Å². The first kappa shape index (κ1) is 13.5. The van der Waals surface area contributed by atoms with Crippen LogP contribution in [0.15, 0.2) is 23.4 Å². The molecule has 0 saturated carbocycles. The molecule has 0 aliphatic heterocycles. The summed E-state index contributed by atoms with van der Waals surface area (Å²) in [7, 11) is 0. The Morgan fingerprint density at radius 3 is 2.85 bits per heavy atom. The average Bonchev–Trinajstić information content (AvgIpc) is 2.67. The maximum atomic E-state index is 13.6. The van der Waals surface area contributed by atoms with E-state index in [0.29, 0.717) is 5.69 Å². The van der Waals surface area contributed by atoms with Gasteiger partial charge >= 0.3 is 5.69 Å². The van der Waals surface area contributed by atoms with E-state index in [2.05, 4.69) is 10.1 Å². The molecule has 1 aromatic heterocycles. The van der Waals surface area contributed by atoms with Crippen LogP contribution >= 0.6 is 0 Å². The molecule has 0 fully saturated rings. The topological polar surface area (TPSA) is 120 Å². The largest absolute Gasteiger partial charge is 0.502 e. The van der Waals surface area contributed by atoms with E-state index in [1.54, 1.807) is 6.92 Å². The van der Waals surface area contributed by atoms with E-state index >= 15 is 0 Å². The van der Waals surface area contributed by atoms with Gasteiger partial charge in [0.05, 0.1) is 28.6 Å². The van der Waals surface area contributed by atoms with Crippen LogP contribution in [0.25, 0.3) is 0 Å². The number of nitrogens with zero attached hydrogens (tertiary/aromatic N) is 4. The summed E-state index contributed by atoms with van der Waals surface area (Å²) < 4.78 is 14.7. The molecule has 8 nitrogen and oxygen atoms in total. The summed E-state index contributed by atoms with van der Waals surface area (Å²) >= 11 is 0. The Bertz CT molecular complexity index is 710. The number of rotatable bonds is 3. The number of aryl methyl sites for hydroxylation is 1. The maximum absolute atomic E-state index is 13.6. The molecule has 0 radical (unpaired) electrons. The Hall–Kier alpha value is -2.97. The molecule has 20 heavy (non-hydrogen) atoms. The van der Waals surface area contributed by atoms with Gasteiger partial charge in [0.2, 0.25) is 11.7 Å². The Morgan fingerprint density at radius 1 is 1.60 bits per heavy atom. The predicted molar refractivity (Wildman–Crippen MR) is 69.1 cm³/mol. The van der Waals surface area contributed by atoms with Crippen molar-refractivity contribution in [3.05, 3.63) is 45.5 Å². The molecule has 0 bridgehead atoms. The SMILES string of the molecule is Cc1cn(N=Cc2c(F)ccc([N+](=O)[O-])c2O)c(N)n1. The summed E-state index contributed by atoms with van der Waals surface area (Å²) in [5, 5.41) is 24.1. The first-order valence-corrected chi connectivity index (χ1v) is 5.42. The number of hydrogen-bond donors (Lipinski definition) is 2. The van der Waals surface area contributed by atoms with E-state index in [1.165, 1.54) is 6.20 Å². The molecule has 0 aliphatic rings. The monoisotopic (exact) mass is 279 g/mol. The van der Waals surface area contributed by atoms with Crippen molar-refractivity contribution in [1.82, 2.24) is 9.66 Å². The van der Waals surface area contributed by atoms with Gasteiger partial charge in [-0.25, -0.2) is 14.1 Å². The zero-order chi connectivity index (χ0) is 14.9. The Kier molecular flexibility index (Phi) is 3.34. The number of nitro benzene ring substituents is 1. The molecule has 9 heteroatoms. The summed E-state index contributed by atoms with van der Waals surface area (Å²) in [5.41, 5.74) is 5.13. The van der Waals surface area contributed by atoms with E-state index in [0.717, 1.165) is 23.0 Å². The molecule has 1 aromatic carbocycles. The maximum Gasteiger partial charge on any atom is 0.311 e. The number of nitrogens with two attached hydrogens (primary N) is 1. The number of aromatic nitrogens is 2. The van der Waals surface area contributed by atoms with Crippen molar-refractivity contribution in [2.45, 2.75) is 6.92 Å². The molecule has 2 rings (SSSR count). The Labute approximate surface area is 112 Å². The van der Waals surface area contributed by atoms with Crippen LogP contribution < -0.4 is 5.73 Å². The third-order valence-corrected chi connectivity index (χ3v) is 2.49. The van der Waals surface area contributed by atoms with Crippen LogP contribution in [0.1, 0.15) is 11.3 Å². The highest BCUT2D eigenvalue weighted by Gasteiger charge is 2.19. The first-order chi connectivity index (χ1) is 9.40. The van der Waals surface area contributed by atoms with Crippen molar-refractivity contribution in [3.8, 4) is 5.75 Å². The van der Waals surface area contributed by atoms with Crippen LogP contribution in [0.2, 0.25) is 0 Å². The summed E-state index contributed by atoms with van der Waals surface area (Å²) in [5.74, 6) is -1.56. The molecule has 2 aromatic rings. The zero-order valence-corrected chi connectivity index (χ0v) is 10.3. The van der Waals surface area contributed by atoms with Gasteiger partial charge in [-0.1, -0.05) is 0 Å². The lowest BCUT2D eigenvalue weighted by molar-refractivity contribution is -0.385. The van der Waals surface area contributed by atoms with Gasteiger partial charge in [-0.05, 0) is 13.0 Å². The van der Waals surface area contributed by atoms with Gasteiger partial charge in [-0.2, -0.15) is 5.10 Å². The minimum Gasteiger partial charge on any atom is -0.502 e. The molecule has 0 saturated heterocycles. The highest BCUT2D eigenvalue weighted by atomic mass is 19.1. The molecule has 3 N–H and O–H groups in total. The summed E-state index contributed by atoms with van der Waals surface area (Å²) in [6, 6.07) is 1.75. The smallest absolute Gasteiger partial charge is 0.311 e. The third kappa shape index (κ3) is 2.41. The third-order valence-electron chi connectivity index (χ3n) is 2.49. The molecular weight excluding hydrogens is 269 g/mol. The van der Waals surface area contributed by atoms with E-state index < -0.39 is 27.7 Å². The van der Waals surface area contributed by atoms with E-state index in [-0.39, 0.29) is 5.95 Å². The van der Waals surface area contributed by atoms with Gasteiger partial charge in [0.25, 0.3) is 0 Å². The summed E-state index contributed by atoms with van der Waals surface area (Å²) in [4.78, 5) is 13.7. The van der Waals surface area contributed by atoms with Crippen molar-refractivity contribution in [1.29, 1.82) is 0 Å². The molecule has 0 unspecified atom stereocenters. The van der Waals surface area contributed by atoms with Crippen LogP contribution in [0.3, 0.4) is 0 Å². The number of phenolic OH excluding ortho intramolecular Hbond substituents is 1. The molecule has 1 heterocycles. The van der Waals surface area contributed by atoms with E-state index in [9.17, 15) is 19.6 Å². The van der Waals surface area contributed by atoms with Crippen LogP contribution in [0, 0.1) is 22.9 Å². The number of hydrogen-bond acceptors (Lipinski definition) is 6. The van der Waals surface area contributed by atoms with Crippen molar-refractivity contribution in [2.75, 3.05) is 5.73 Å². The lowest BCUT2D eigenvalue weighted by atomic mass is 10.2. The number of halogens is 1. The minimum atomic E-state index is -0.841. The normalized spacial score (nSPS) is 11.1. The highest BCUT2D eigenvalue weighted by molar-refractivity contribution is 5.86. The Balaban J connectivity index is 2.45. The molecule has 104 valence electrons. The number of benzene rings is 1. The Morgan fingerprint density at radius 2 is 2.30 bits per heavy atom. The fraction of sp³-hybridized carbons (Fsp3) is 0.0909. The lowest BCUT2D eigenvalue weighted by Gasteiger charge is -2.02. The second-order valence-corrected chi connectivity index (χ2v) is 3.92. The lowest BCUT2D eigenvalue weighted by Crippen LogP contribution is -1.99. The van der Waals surface area contributed by atoms with Crippen LogP contribution in [-0.2, 0) is 0 Å². The fourth-order valence-corrected chi connectivity index (χ4v) is 1.56. The molecule has 0 spiro atoms. The molecule has 0 amide bonds. The van der Waals surface area contributed by atoms with Crippen molar-refractivity contribution in [2.24, 2.45) is 5.10 Å². The average molecular weight is 279 g/mol. The van der Waals surface area contributed by atoms with Crippen LogP contribution in [0.4, 0.5) is 16.0 Å². The minimum absolute atomic E-state index is 0.0732. The number of aromatic hydroxyl groups is 1. The highest BCUT2D eigenvalue weighted by Crippen LogP contribution is 2.30. The zero-order valence-electron chi connectivity index (χ0n) is 10.3. The second kappa shape index (κ2) is 4.96. The van der Waals surface area contributed by atoms with Crippen molar-refractivity contribution >= 4 is 17.9 Å². The van der Waals surface area contributed by atoms with Gasteiger partial charge in [0, 0.05) is 6.07 Å². The van der Waals surface area contributed by atoms with Crippen LogP contribution in [-0.4, -0.2) is 25.9 Å². The standard InChI is InChI=1S/C11H10FN5O3/c1-6-5-16(11(13)15-6)14-4-7-8(12)2-3-9(10(7)18)17(19)20/h2-5,18H,1H3,(H2,13,15). The van der Waals surface area contributed by atoms with Crippen molar-refractivity contribution < 1.29 is 14.4 Å². The molecule has 0 atom stereocenters. The molecule has 0 aliphatic carbocycles. The van der Waals surface area contributed by atoms with Gasteiger partial charge in [-0.15, -0.1) is 0 Å². The fourth-order valence-electron chi connectivity index (χ4n) is 1.56. The first-order valence-electron chi connectivity index (χ1n) is 5.42. The number of nitrogen functional groups attached to an aromatic ring is 1. The van der Waals surface area contributed by atoms with Gasteiger partial charge in [-0.3, -0.25) is 10.1 Å². The summed E-state index contributed by atoms with van der Waals surface area (Å²) in [6.07, 6.45) is 2.42. The summed E-state index contributed by atoms with van der Waals surface area (Å²) in [6.45, 7) is 1.69. The van der Waals surface area contributed by atoms with Gasteiger partial charge in [0.1, 0.15) is 5.82 Å². The van der Waals surface area contributed by atoms with E-state index in [1.807, 2.05) is 0 Å².